The van der Waals surface area contributed by atoms with Crippen molar-refractivity contribution in [1.29, 1.82) is 0 Å². The average Bonchev–Trinajstić information content (AvgIpc) is 3.41. The third-order valence-electron chi connectivity index (χ3n) is 5.52. The maximum Gasteiger partial charge on any atom is 0.346 e. The summed E-state index contributed by atoms with van der Waals surface area (Å²) in [5, 5.41) is 8.42. The molecule has 1 saturated heterocycles. The number of aromatic nitrogens is 3. The molecule has 1 unspecified atom stereocenters. The van der Waals surface area contributed by atoms with E-state index < -0.39 is 0 Å². The summed E-state index contributed by atoms with van der Waals surface area (Å²) in [5.41, 5.74) is 10.5. The summed E-state index contributed by atoms with van der Waals surface area (Å²) in [5.74, 6) is -0.108. The number of nitrogens with two attached hydrogens (primary N) is 1. The van der Waals surface area contributed by atoms with E-state index in [1.165, 1.54) is 17.2 Å². The number of hydrogen-bond acceptors (Lipinski definition) is 5. The molecule has 162 valence electrons. The van der Waals surface area contributed by atoms with Crippen molar-refractivity contribution in [2.75, 3.05) is 17.7 Å². The number of anilines is 2. The first-order valence-electron chi connectivity index (χ1n) is 10.2. The zero-order valence-electron chi connectivity index (χ0n) is 17.3. The van der Waals surface area contributed by atoms with Gasteiger partial charge in [0.2, 0.25) is 5.95 Å². The Kier molecular flexibility index (Phi) is 4.95. The molecule has 8 nitrogen and oxygen atoms in total. The fraction of sp³-hybridized carbons (Fsp3) is 0.174. The number of hydroxylamine groups is 2. The lowest BCUT2D eigenvalue weighted by molar-refractivity contribution is -0.0830. The van der Waals surface area contributed by atoms with Crippen LogP contribution in [0.5, 0.6) is 0 Å². The van der Waals surface area contributed by atoms with Gasteiger partial charge in [-0.25, -0.2) is 13.7 Å². The number of urea groups is 1. The lowest BCUT2D eigenvalue weighted by atomic mass is 10.0. The molecule has 1 aliphatic rings. The summed E-state index contributed by atoms with van der Waals surface area (Å²) in [7, 11) is 0. The Bertz CT molecular complexity index is 1300. The van der Waals surface area contributed by atoms with Gasteiger partial charge in [-0.2, -0.15) is 10.0 Å². The van der Waals surface area contributed by atoms with Crippen LogP contribution in [0.25, 0.3) is 16.8 Å². The highest BCUT2D eigenvalue weighted by Crippen LogP contribution is 2.32. The van der Waals surface area contributed by atoms with Crippen molar-refractivity contribution < 1.29 is 14.0 Å². The monoisotopic (exact) mass is 432 g/mol. The minimum atomic E-state index is -0.378. The zero-order chi connectivity index (χ0) is 22.2. The van der Waals surface area contributed by atoms with Crippen molar-refractivity contribution in [1.82, 2.24) is 19.7 Å². The highest BCUT2D eigenvalue weighted by molar-refractivity contribution is 5.91. The van der Waals surface area contributed by atoms with Crippen LogP contribution in [0.2, 0.25) is 0 Å². The normalized spacial score (nSPS) is 15.9. The predicted octanol–water partition coefficient (Wildman–Crippen LogP) is 4.34. The van der Waals surface area contributed by atoms with E-state index in [4.69, 9.17) is 10.6 Å². The molecule has 0 spiro atoms. The van der Waals surface area contributed by atoms with E-state index in [9.17, 15) is 9.18 Å². The number of aryl methyl sites for hydroxylation is 1. The maximum atomic E-state index is 13.3. The number of nitrogen functional groups attached to an aromatic ring is 1. The van der Waals surface area contributed by atoms with Crippen molar-refractivity contribution in [3.8, 4) is 11.1 Å². The van der Waals surface area contributed by atoms with Crippen molar-refractivity contribution in [3.63, 3.8) is 0 Å². The largest absolute Gasteiger partial charge is 0.366 e. The molecule has 0 aliphatic carbocycles. The molecular weight excluding hydrogens is 411 g/mol. The smallest absolute Gasteiger partial charge is 0.346 e. The van der Waals surface area contributed by atoms with Crippen LogP contribution in [0.4, 0.5) is 20.8 Å². The van der Waals surface area contributed by atoms with Crippen molar-refractivity contribution in [3.05, 3.63) is 77.7 Å². The molecule has 2 amide bonds. The summed E-state index contributed by atoms with van der Waals surface area (Å²) in [6.07, 6.45) is 2.47. The molecule has 4 aromatic rings. The summed E-state index contributed by atoms with van der Waals surface area (Å²) in [6, 6.07) is 15.0. The second-order valence-corrected chi connectivity index (χ2v) is 7.67. The Labute approximate surface area is 183 Å². The van der Waals surface area contributed by atoms with Crippen LogP contribution in [0, 0.1) is 12.7 Å². The quantitative estimate of drug-likeness (QED) is 0.502. The topological polar surface area (TPSA) is 97.8 Å². The van der Waals surface area contributed by atoms with Gasteiger partial charge in [0.15, 0.2) is 5.65 Å². The maximum absolute atomic E-state index is 13.3. The van der Waals surface area contributed by atoms with Crippen molar-refractivity contribution in [2.24, 2.45) is 0 Å². The summed E-state index contributed by atoms with van der Waals surface area (Å²) < 4.78 is 14.9. The fourth-order valence-corrected chi connectivity index (χ4v) is 3.83. The third kappa shape index (κ3) is 3.74. The first kappa shape index (κ1) is 20.0. The zero-order valence-corrected chi connectivity index (χ0v) is 17.3. The highest BCUT2D eigenvalue weighted by atomic mass is 19.1. The lowest BCUT2D eigenvalue weighted by Gasteiger charge is -2.23. The van der Waals surface area contributed by atoms with Crippen LogP contribution >= 0.6 is 0 Å². The van der Waals surface area contributed by atoms with E-state index in [0.29, 0.717) is 24.4 Å². The molecule has 3 N–H and O–H groups in total. The van der Waals surface area contributed by atoms with Crippen LogP contribution in [0.3, 0.4) is 0 Å². The number of carbonyl (C=O) groups excluding carboxylic acids is 1. The van der Waals surface area contributed by atoms with E-state index in [1.54, 1.807) is 16.6 Å². The van der Waals surface area contributed by atoms with Crippen LogP contribution in [-0.4, -0.2) is 32.3 Å². The molecule has 1 aliphatic heterocycles. The molecule has 9 heteroatoms. The molecule has 2 aromatic carbocycles. The van der Waals surface area contributed by atoms with E-state index >= 15 is 0 Å². The van der Waals surface area contributed by atoms with Gasteiger partial charge in [-0.05, 0) is 53.9 Å². The SMILES string of the molecule is Cc1ccc(-c2ccc3nc(N)nn3c2)cc1NC(=O)N1OCCC1c1ccc(F)cc1. The fourth-order valence-electron chi connectivity index (χ4n) is 3.83. The molecule has 0 saturated carbocycles. The number of benzene rings is 2. The van der Waals surface area contributed by atoms with E-state index in [1.807, 2.05) is 43.5 Å². The number of hydrogen-bond donors (Lipinski definition) is 2. The van der Waals surface area contributed by atoms with Crippen molar-refractivity contribution in [2.45, 2.75) is 19.4 Å². The molecule has 1 atom stereocenters. The van der Waals surface area contributed by atoms with Crippen LogP contribution < -0.4 is 11.1 Å². The minimum Gasteiger partial charge on any atom is -0.366 e. The number of nitrogens with zero attached hydrogens (tertiary/aromatic N) is 4. The molecule has 3 heterocycles. The first-order valence-corrected chi connectivity index (χ1v) is 10.2. The second kappa shape index (κ2) is 7.93. The van der Waals surface area contributed by atoms with Gasteiger partial charge in [0.05, 0.1) is 12.6 Å². The number of nitrogens with one attached hydrogen (secondary N) is 1. The highest BCUT2D eigenvalue weighted by Gasteiger charge is 2.32. The minimum absolute atomic E-state index is 0.209. The molecule has 32 heavy (non-hydrogen) atoms. The van der Waals surface area contributed by atoms with Crippen LogP contribution in [0.15, 0.2) is 60.8 Å². The van der Waals surface area contributed by atoms with Gasteiger partial charge >= 0.3 is 6.03 Å². The van der Waals surface area contributed by atoms with Gasteiger partial charge in [-0.3, -0.25) is 4.84 Å². The molecule has 1 fully saturated rings. The van der Waals surface area contributed by atoms with Gasteiger partial charge in [0.25, 0.3) is 0 Å². The van der Waals surface area contributed by atoms with E-state index in [2.05, 4.69) is 15.4 Å². The first-order chi connectivity index (χ1) is 15.5. The molecular formula is C23H21FN6O2. The van der Waals surface area contributed by atoms with E-state index in [0.717, 1.165) is 22.3 Å². The number of fused-ring (bicyclic) bond motifs is 1. The number of amides is 2. The van der Waals surface area contributed by atoms with Crippen LogP contribution in [0.1, 0.15) is 23.6 Å². The number of rotatable bonds is 3. The second-order valence-electron chi connectivity index (χ2n) is 7.67. The average molecular weight is 432 g/mol. The Balaban J connectivity index is 1.39. The molecule has 2 aromatic heterocycles. The summed E-state index contributed by atoms with van der Waals surface area (Å²) >= 11 is 0. The number of halogens is 1. The van der Waals surface area contributed by atoms with Gasteiger partial charge in [0, 0.05) is 23.9 Å². The Morgan fingerprint density at radius 2 is 1.94 bits per heavy atom. The van der Waals surface area contributed by atoms with Gasteiger partial charge in [-0.1, -0.05) is 24.3 Å². The number of pyridine rings is 1. The standard InChI is InChI=1S/C23H21FN6O2/c1-14-2-3-16(17-6-9-21-27-22(25)28-29(21)13-17)12-19(14)26-23(31)30-20(10-11-32-30)15-4-7-18(24)8-5-15/h2-9,12-13,20H,10-11H2,1H3,(H2,25,28)(H,26,31). The Morgan fingerprint density at radius 1 is 1.16 bits per heavy atom. The van der Waals surface area contributed by atoms with Crippen molar-refractivity contribution >= 4 is 23.3 Å². The third-order valence-corrected chi connectivity index (χ3v) is 5.52. The van der Waals surface area contributed by atoms with Gasteiger partial charge < -0.3 is 11.1 Å². The van der Waals surface area contributed by atoms with Gasteiger partial charge in [-0.15, -0.1) is 5.10 Å². The lowest BCUT2D eigenvalue weighted by Crippen LogP contribution is -2.33. The Hall–Kier alpha value is -3.98. The molecule has 0 bridgehead atoms. The predicted molar refractivity (Wildman–Crippen MR) is 118 cm³/mol. The van der Waals surface area contributed by atoms with Gasteiger partial charge in [0.1, 0.15) is 5.82 Å². The summed E-state index contributed by atoms with van der Waals surface area (Å²) in [6.45, 7) is 2.33. The van der Waals surface area contributed by atoms with E-state index in [-0.39, 0.29) is 23.8 Å². The molecule has 5 rings (SSSR count). The number of carbonyl (C=O) groups is 1. The van der Waals surface area contributed by atoms with Crippen LogP contribution in [-0.2, 0) is 4.84 Å². The molecule has 0 radical (unpaired) electrons. The Morgan fingerprint density at radius 3 is 2.75 bits per heavy atom. The summed E-state index contributed by atoms with van der Waals surface area (Å²) in [4.78, 5) is 22.7.